The summed E-state index contributed by atoms with van der Waals surface area (Å²) in [6.45, 7) is 0. The molecule has 8 rings (SSSR count). The summed E-state index contributed by atoms with van der Waals surface area (Å²) in [5.41, 5.74) is 12.9. The van der Waals surface area contributed by atoms with E-state index in [1.165, 1.54) is 77.2 Å². The maximum absolute atomic E-state index is 3.60. The van der Waals surface area contributed by atoms with Crippen LogP contribution in [0.4, 0.5) is 0 Å². The van der Waals surface area contributed by atoms with E-state index < -0.39 is 0 Å². The molecule has 0 aliphatic heterocycles. The molecule has 0 saturated carbocycles. The Morgan fingerprint density at radius 3 is 1.38 bits per heavy atom. The molecule has 0 heterocycles. The van der Waals surface area contributed by atoms with Crippen LogP contribution in [0, 0.1) is 0 Å². The average Bonchev–Trinajstić information content (AvgIpc) is 3.32. The van der Waals surface area contributed by atoms with Gasteiger partial charge in [-0.2, -0.15) is 0 Å². The van der Waals surface area contributed by atoms with E-state index in [1.807, 2.05) is 0 Å². The molecule has 0 spiro atoms. The van der Waals surface area contributed by atoms with Crippen LogP contribution >= 0.6 is 15.9 Å². The van der Waals surface area contributed by atoms with Gasteiger partial charge in [-0.1, -0.05) is 143 Å². The van der Waals surface area contributed by atoms with E-state index in [1.54, 1.807) is 0 Å². The monoisotopic (exact) mass is 558 g/mol. The summed E-state index contributed by atoms with van der Waals surface area (Å²) in [5.74, 6) is 0. The van der Waals surface area contributed by atoms with E-state index in [0.717, 1.165) is 4.47 Å². The van der Waals surface area contributed by atoms with Gasteiger partial charge >= 0.3 is 0 Å². The summed E-state index contributed by atoms with van der Waals surface area (Å²) in [7, 11) is 0. The van der Waals surface area contributed by atoms with Gasteiger partial charge in [-0.15, -0.1) is 0 Å². The fraction of sp³-hybridized carbons (Fsp3) is 0. The van der Waals surface area contributed by atoms with Crippen LogP contribution in [-0.2, 0) is 0 Å². The minimum Gasteiger partial charge on any atom is -0.0622 e. The van der Waals surface area contributed by atoms with Crippen molar-refractivity contribution in [3.05, 3.63) is 144 Å². The summed E-state index contributed by atoms with van der Waals surface area (Å²) in [6.07, 6.45) is 0. The van der Waals surface area contributed by atoms with Crippen molar-refractivity contribution >= 4 is 37.5 Å². The summed E-state index contributed by atoms with van der Waals surface area (Å²) in [6, 6.07) is 50.9. The lowest BCUT2D eigenvalue weighted by molar-refractivity contribution is 1.62. The molecule has 1 aliphatic rings. The van der Waals surface area contributed by atoms with Crippen molar-refractivity contribution in [2.75, 3.05) is 0 Å². The quantitative estimate of drug-likeness (QED) is 0.202. The minimum absolute atomic E-state index is 1.09. The Bertz CT molecular complexity index is 1940. The Morgan fingerprint density at radius 2 is 0.795 bits per heavy atom. The van der Waals surface area contributed by atoms with Crippen molar-refractivity contribution in [2.45, 2.75) is 0 Å². The highest BCUT2D eigenvalue weighted by Gasteiger charge is 2.30. The average molecular weight is 560 g/mol. The van der Waals surface area contributed by atoms with E-state index in [-0.39, 0.29) is 0 Å². The first-order chi connectivity index (χ1) is 19.3. The topological polar surface area (TPSA) is 0 Å². The van der Waals surface area contributed by atoms with Crippen molar-refractivity contribution in [2.24, 2.45) is 0 Å². The maximum atomic E-state index is 3.60. The number of fused-ring (bicyclic) bond motifs is 4. The third kappa shape index (κ3) is 3.37. The minimum atomic E-state index is 1.09. The lowest BCUT2D eigenvalue weighted by Crippen LogP contribution is -1.93. The predicted octanol–water partition coefficient (Wildman–Crippen LogP) is 11.4. The van der Waals surface area contributed by atoms with E-state index in [2.05, 4.69) is 155 Å². The molecule has 0 aromatic heterocycles. The standard InChI is InChI=1S/C38H23Br/c39-27-20-18-24(19-21-27)28-22-23-33-36-29(28)16-9-17-32(36)37-34(25-10-3-1-4-11-25)30-14-7-8-15-31(30)35(38(33)37)26-12-5-2-6-13-26/h1-23H. The number of rotatable bonds is 3. The Hall–Kier alpha value is -4.46. The summed E-state index contributed by atoms with van der Waals surface area (Å²) < 4.78 is 1.09. The van der Waals surface area contributed by atoms with Gasteiger partial charge in [0.15, 0.2) is 0 Å². The second-order valence-corrected chi connectivity index (χ2v) is 11.1. The van der Waals surface area contributed by atoms with E-state index in [0.29, 0.717) is 0 Å². The first kappa shape index (κ1) is 22.5. The van der Waals surface area contributed by atoms with E-state index >= 15 is 0 Å². The Kier molecular flexibility index (Phi) is 5.08. The zero-order valence-electron chi connectivity index (χ0n) is 21.2. The maximum Gasteiger partial charge on any atom is 0.0175 e. The molecule has 0 radical (unpaired) electrons. The van der Waals surface area contributed by atoms with Gasteiger partial charge in [0, 0.05) is 4.47 Å². The molecule has 0 fully saturated rings. The molecule has 1 aliphatic carbocycles. The highest BCUT2D eigenvalue weighted by molar-refractivity contribution is 9.10. The predicted molar refractivity (Wildman–Crippen MR) is 170 cm³/mol. The van der Waals surface area contributed by atoms with E-state index in [9.17, 15) is 0 Å². The normalized spacial score (nSPS) is 11.7. The van der Waals surface area contributed by atoms with Gasteiger partial charge < -0.3 is 0 Å². The molecule has 39 heavy (non-hydrogen) atoms. The van der Waals surface area contributed by atoms with Crippen molar-refractivity contribution in [1.82, 2.24) is 0 Å². The highest BCUT2D eigenvalue weighted by atomic mass is 79.9. The van der Waals surface area contributed by atoms with Crippen LogP contribution in [0.25, 0.3) is 77.2 Å². The van der Waals surface area contributed by atoms with Crippen LogP contribution < -0.4 is 0 Å². The largest absolute Gasteiger partial charge is 0.0622 e. The van der Waals surface area contributed by atoms with Crippen LogP contribution in [0.1, 0.15) is 0 Å². The molecule has 7 aromatic rings. The fourth-order valence-corrected chi connectivity index (χ4v) is 6.76. The Labute approximate surface area is 236 Å². The van der Waals surface area contributed by atoms with Gasteiger partial charge in [0.05, 0.1) is 0 Å². The van der Waals surface area contributed by atoms with Gasteiger partial charge in [-0.25, -0.2) is 0 Å². The van der Waals surface area contributed by atoms with Gasteiger partial charge in [0.25, 0.3) is 0 Å². The smallest absolute Gasteiger partial charge is 0.0175 e. The van der Waals surface area contributed by atoms with Crippen molar-refractivity contribution < 1.29 is 0 Å². The number of hydrogen-bond acceptors (Lipinski definition) is 0. The molecule has 0 unspecified atom stereocenters. The molecule has 0 nitrogen and oxygen atoms in total. The Balaban J connectivity index is 1.57. The molecule has 0 atom stereocenters. The molecule has 182 valence electrons. The summed E-state index contributed by atoms with van der Waals surface area (Å²) in [4.78, 5) is 0. The zero-order chi connectivity index (χ0) is 25.9. The second kappa shape index (κ2) is 8.80. The molecular formula is C38H23Br. The van der Waals surface area contributed by atoms with Gasteiger partial charge in [0.2, 0.25) is 0 Å². The highest BCUT2D eigenvalue weighted by Crippen LogP contribution is 2.58. The number of halogens is 1. The molecule has 0 N–H and O–H groups in total. The van der Waals surface area contributed by atoms with Gasteiger partial charge in [-0.05, 0) is 89.3 Å². The van der Waals surface area contributed by atoms with Crippen molar-refractivity contribution in [3.8, 4) is 55.6 Å². The molecule has 0 amide bonds. The van der Waals surface area contributed by atoms with Gasteiger partial charge in [0.1, 0.15) is 0 Å². The number of hydrogen-bond donors (Lipinski definition) is 0. The first-order valence-electron chi connectivity index (χ1n) is 13.3. The third-order valence-electron chi connectivity index (χ3n) is 8.08. The van der Waals surface area contributed by atoms with Crippen molar-refractivity contribution in [1.29, 1.82) is 0 Å². The van der Waals surface area contributed by atoms with Crippen molar-refractivity contribution in [3.63, 3.8) is 0 Å². The lowest BCUT2D eigenvalue weighted by atomic mass is 9.82. The van der Waals surface area contributed by atoms with E-state index in [4.69, 9.17) is 0 Å². The lowest BCUT2D eigenvalue weighted by Gasteiger charge is -2.20. The Morgan fingerprint density at radius 1 is 0.308 bits per heavy atom. The van der Waals surface area contributed by atoms with Crippen LogP contribution in [-0.4, -0.2) is 0 Å². The van der Waals surface area contributed by atoms with Crippen LogP contribution in [0.2, 0.25) is 0 Å². The molecule has 0 saturated heterocycles. The van der Waals surface area contributed by atoms with Gasteiger partial charge in [-0.3, -0.25) is 0 Å². The molecule has 0 bridgehead atoms. The second-order valence-electron chi connectivity index (χ2n) is 10.2. The summed E-state index contributed by atoms with van der Waals surface area (Å²) >= 11 is 3.60. The van der Waals surface area contributed by atoms with Crippen LogP contribution in [0.5, 0.6) is 0 Å². The first-order valence-corrected chi connectivity index (χ1v) is 14.1. The van der Waals surface area contributed by atoms with Crippen LogP contribution in [0.3, 0.4) is 0 Å². The molecule has 7 aromatic carbocycles. The number of benzene rings is 7. The zero-order valence-corrected chi connectivity index (χ0v) is 22.7. The SMILES string of the molecule is Brc1ccc(-c2ccc3c4c(cccc24)-c2c-3c(-c3ccccc3)c3ccccc3c2-c2ccccc2)cc1. The molecule has 1 heteroatoms. The molecular weight excluding hydrogens is 536 g/mol. The third-order valence-corrected chi connectivity index (χ3v) is 8.60. The van der Waals surface area contributed by atoms with Crippen LogP contribution in [0.15, 0.2) is 144 Å². The summed E-state index contributed by atoms with van der Waals surface area (Å²) in [5, 5.41) is 5.22. The fourth-order valence-electron chi connectivity index (χ4n) is 6.49.